The number of unbranched alkanes of at least 4 members (excludes halogenated alkanes) is 2. The molecule has 0 aromatic heterocycles. The molecule has 2 unspecified atom stereocenters. The lowest BCUT2D eigenvalue weighted by Gasteiger charge is -2.36. The summed E-state index contributed by atoms with van der Waals surface area (Å²) in [6.45, 7) is 36.7. The zero-order chi connectivity index (χ0) is 52.4. The van der Waals surface area contributed by atoms with Gasteiger partial charge in [0.25, 0.3) is 0 Å². The maximum absolute atomic E-state index is 9.54. The first kappa shape index (κ1) is 61.7. The van der Waals surface area contributed by atoms with E-state index in [4.69, 9.17) is 19.9 Å². The fourth-order valence-electron chi connectivity index (χ4n) is 7.98. The van der Waals surface area contributed by atoms with E-state index in [0.29, 0.717) is 28.9 Å². The van der Waals surface area contributed by atoms with Crippen LogP contribution in [0.4, 0.5) is 5.69 Å². The smallest absolute Gasteiger partial charge is 0.126 e. The molecule has 0 saturated heterocycles. The number of hydrogen-bond acceptors (Lipinski definition) is 6. The van der Waals surface area contributed by atoms with Gasteiger partial charge in [-0.25, -0.2) is 0 Å². The molecule has 69 heavy (non-hydrogen) atoms. The van der Waals surface area contributed by atoms with E-state index in [1.165, 1.54) is 43.2 Å². The number of anilines is 1. The number of phenolic OH excluding ortho intramolecular Hbond substituents is 2. The summed E-state index contributed by atoms with van der Waals surface area (Å²) in [4.78, 5) is 0. The van der Waals surface area contributed by atoms with E-state index in [9.17, 15) is 10.2 Å². The van der Waals surface area contributed by atoms with Crippen LogP contribution in [0.25, 0.3) is 21.5 Å². The Labute approximate surface area is 421 Å². The number of hydrogen-bond donors (Lipinski definition) is 3. The van der Waals surface area contributed by atoms with Crippen LogP contribution in [0.3, 0.4) is 0 Å². The van der Waals surface area contributed by atoms with Crippen LogP contribution in [-0.2, 0) is 0 Å². The predicted octanol–water partition coefficient (Wildman–Crippen LogP) is 18.8. The molecule has 382 valence electrons. The third-order valence-electron chi connectivity index (χ3n) is 11.6. The van der Waals surface area contributed by atoms with E-state index >= 15 is 0 Å². The average molecular weight is 946 g/mol. The molecule has 6 heteroatoms. The highest BCUT2D eigenvalue weighted by atomic mass is 16.5. The van der Waals surface area contributed by atoms with Gasteiger partial charge in [-0.05, 0) is 113 Å². The first-order valence-corrected chi connectivity index (χ1v) is 25.6. The van der Waals surface area contributed by atoms with Gasteiger partial charge in [-0.1, -0.05) is 203 Å². The molecule has 0 radical (unpaired) electrons. The highest BCUT2D eigenvalue weighted by molar-refractivity contribution is 5.97. The normalized spacial score (nSPS) is 11.9. The van der Waals surface area contributed by atoms with Crippen molar-refractivity contribution < 1.29 is 24.4 Å². The largest absolute Gasteiger partial charge is 0.508 e. The van der Waals surface area contributed by atoms with Gasteiger partial charge in [0.1, 0.15) is 28.7 Å². The third-order valence-corrected chi connectivity index (χ3v) is 11.6. The molecular weight excluding hydrogens is 851 g/mol. The number of aromatic hydroxyl groups is 2. The van der Waals surface area contributed by atoms with E-state index in [2.05, 4.69) is 121 Å². The van der Waals surface area contributed by atoms with Crippen LogP contribution in [-0.4, -0.2) is 31.0 Å². The van der Waals surface area contributed by atoms with Crippen molar-refractivity contribution in [3.63, 3.8) is 0 Å². The Morgan fingerprint density at radius 3 is 1.38 bits per heavy atom. The zero-order valence-electron chi connectivity index (χ0n) is 46.4. The second-order valence-electron chi connectivity index (χ2n) is 21.3. The monoisotopic (exact) mass is 946 g/mol. The van der Waals surface area contributed by atoms with Crippen LogP contribution in [0.1, 0.15) is 172 Å². The van der Waals surface area contributed by atoms with E-state index < -0.39 is 0 Å². The van der Waals surface area contributed by atoms with E-state index in [1.54, 1.807) is 38.5 Å². The Morgan fingerprint density at radius 1 is 0.522 bits per heavy atom. The predicted molar refractivity (Wildman–Crippen MR) is 302 cm³/mol. The number of methoxy groups -OCH3 is 2. The molecule has 0 aliphatic carbocycles. The summed E-state index contributed by atoms with van der Waals surface area (Å²) in [6, 6.07) is 39.1. The quantitative estimate of drug-likeness (QED) is 0.106. The summed E-state index contributed by atoms with van der Waals surface area (Å²) in [5, 5.41) is 22.7. The minimum absolute atomic E-state index is 0.265. The van der Waals surface area contributed by atoms with E-state index in [0.717, 1.165) is 57.5 Å². The molecule has 2 atom stereocenters. The van der Waals surface area contributed by atoms with Gasteiger partial charge in [0.15, 0.2) is 0 Å². The summed E-state index contributed by atoms with van der Waals surface area (Å²) in [6.07, 6.45) is 7.52. The van der Waals surface area contributed by atoms with E-state index in [-0.39, 0.29) is 16.6 Å². The number of phenols is 2. The molecule has 6 aromatic carbocycles. The molecule has 6 aromatic rings. The minimum Gasteiger partial charge on any atom is -0.508 e. The van der Waals surface area contributed by atoms with Crippen molar-refractivity contribution in [2.75, 3.05) is 26.6 Å². The second kappa shape index (κ2) is 31.0. The molecule has 6 nitrogen and oxygen atoms in total. The SMILES string of the molecule is CC.CC(C)CC(c1ccc(O)cc1)C(C)(C)C.CCCCC.CCCOc1ccc(C(CC(C)(C)C)C(C)(C)C)cc1.COc1ccc(N)c2ccccc12.COc1ccc(O)c2ccccc12. The van der Waals surface area contributed by atoms with Gasteiger partial charge in [-0.3, -0.25) is 0 Å². The van der Waals surface area contributed by atoms with Gasteiger partial charge < -0.3 is 30.2 Å². The molecule has 0 fully saturated rings. The molecule has 0 saturated carbocycles. The molecule has 0 aliphatic heterocycles. The Morgan fingerprint density at radius 2 is 0.957 bits per heavy atom. The second-order valence-corrected chi connectivity index (χ2v) is 21.3. The maximum atomic E-state index is 9.54. The number of ether oxygens (including phenoxy) is 3. The van der Waals surface area contributed by atoms with Gasteiger partial charge in [0.2, 0.25) is 0 Å². The molecular formula is C63H95NO5. The number of nitrogen functional groups attached to an aromatic ring is 1. The Balaban J connectivity index is 0.000000444. The van der Waals surface area contributed by atoms with Crippen molar-refractivity contribution in [3.8, 4) is 28.7 Å². The Hall–Kier alpha value is -5.36. The van der Waals surface area contributed by atoms with Crippen LogP contribution >= 0.6 is 0 Å². The number of rotatable bonds is 12. The molecule has 4 N–H and O–H groups in total. The zero-order valence-corrected chi connectivity index (χ0v) is 46.4. The number of benzene rings is 6. The van der Waals surface area contributed by atoms with Crippen LogP contribution in [0.15, 0.2) is 121 Å². The highest BCUT2D eigenvalue weighted by Gasteiger charge is 2.30. The standard InChI is InChI=1S/C19H32O.C15H24O.C11H11NO.C11H10O2.C5H12.C2H6/c1-8-13-20-16-11-9-15(10-12-16)17(19(5,6)7)14-18(2,3)4;1-11(2)10-14(15(3,4)5)12-6-8-13(16)9-7-12;2*1-13-11-7-6-10(12)8-4-2-3-5-9(8)11;1-3-5-4-2;1-2/h9-12,17H,8,13-14H2,1-7H3;6-9,11,14,16H,10H2,1-5H3;2-7H,12H2,1H3;2-7,12H,1H3;3-5H2,1-2H3;1-2H3. The van der Waals surface area contributed by atoms with Crippen molar-refractivity contribution in [2.24, 2.45) is 22.2 Å². The molecule has 0 amide bonds. The first-order chi connectivity index (χ1) is 32.5. The topological polar surface area (TPSA) is 94.2 Å². The average Bonchev–Trinajstić information content (AvgIpc) is 3.31. The van der Waals surface area contributed by atoms with Crippen molar-refractivity contribution in [2.45, 2.75) is 161 Å². The Kier molecular flexibility index (Phi) is 27.7. The summed E-state index contributed by atoms with van der Waals surface area (Å²) < 4.78 is 16.1. The summed E-state index contributed by atoms with van der Waals surface area (Å²) in [5.74, 6) is 5.09. The van der Waals surface area contributed by atoms with Crippen molar-refractivity contribution in [3.05, 3.63) is 132 Å². The van der Waals surface area contributed by atoms with Crippen LogP contribution in [0.2, 0.25) is 0 Å². The lowest BCUT2D eigenvalue weighted by molar-refractivity contribution is 0.229. The fraction of sp³-hybridized carbons (Fsp3) is 0.492. The van der Waals surface area contributed by atoms with Gasteiger partial charge in [0.05, 0.1) is 20.8 Å². The summed E-state index contributed by atoms with van der Waals surface area (Å²) in [5.41, 5.74) is 10.3. The maximum Gasteiger partial charge on any atom is 0.126 e. The molecule has 6 rings (SSSR count). The lowest BCUT2D eigenvalue weighted by Crippen LogP contribution is -2.23. The molecule has 0 bridgehead atoms. The molecule has 0 aliphatic rings. The van der Waals surface area contributed by atoms with Crippen LogP contribution in [0.5, 0.6) is 28.7 Å². The summed E-state index contributed by atoms with van der Waals surface area (Å²) >= 11 is 0. The number of fused-ring (bicyclic) bond motifs is 2. The molecule has 0 spiro atoms. The van der Waals surface area contributed by atoms with E-state index in [1.807, 2.05) is 86.6 Å². The van der Waals surface area contributed by atoms with Crippen molar-refractivity contribution >= 4 is 27.2 Å². The molecule has 0 heterocycles. The van der Waals surface area contributed by atoms with Gasteiger partial charge in [0, 0.05) is 27.2 Å². The van der Waals surface area contributed by atoms with Crippen molar-refractivity contribution in [1.29, 1.82) is 0 Å². The van der Waals surface area contributed by atoms with Crippen LogP contribution in [0, 0.1) is 22.2 Å². The van der Waals surface area contributed by atoms with Gasteiger partial charge >= 0.3 is 0 Å². The minimum atomic E-state index is 0.265. The van der Waals surface area contributed by atoms with Gasteiger partial charge in [-0.2, -0.15) is 0 Å². The number of nitrogens with two attached hydrogens (primary N) is 1. The van der Waals surface area contributed by atoms with Crippen molar-refractivity contribution in [1.82, 2.24) is 0 Å². The van der Waals surface area contributed by atoms with Gasteiger partial charge in [-0.15, -0.1) is 0 Å². The fourth-order valence-corrected chi connectivity index (χ4v) is 7.98. The third kappa shape index (κ3) is 22.3. The first-order valence-electron chi connectivity index (χ1n) is 25.6. The highest BCUT2D eigenvalue weighted by Crippen LogP contribution is 2.44. The Bertz CT molecular complexity index is 2190. The lowest BCUT2D eigenvalue weighted by atomic mass is 9.69. The van der Waals surface area contributed by atoms with Crippen LogP contribution < -0.4 is 19.9 Å². The summed E-state index contributed by atoms with van der Waals surface area (Å²) in [7, 11) is 3.29.